The maximum atomic E-state index is 14.0. The summed E-state index contributed by atoms with van der Waals surface area (Å²) in [6.45, 7) is 2.11. The number of fused-ring (bicyclic) bond motifs is 3. The van der Waals surface area contributed by atoms with Crippen molar-refractivity contribution in [3.05, 3.63) is 77.1 Å². The van der Waals surface area contributed by atoms with Crippen LogP contribution < -0.4 is 4.74 Å². The van der Waals surface area contributed by atoms with E-state index in [4.69, 9.17) is 0 Å². The summed E-state index contributed by atoms with van der Waals surface area (Å²) in [5.74, 6) is -1.87. The molecule has 0 aliphatic heterocycles. The van der Waals surface area contributed by atoms with Crippen molar-refractivity contribution in [2.24, 2.45) is 0 Å². The number of hydrogen-bond acceptors (Lipinski definition) is 1. The van der Waals surface area contributed by atoms with E-state index in [0.717, 1.165) is 41.7 Å². The molecule has 27 heavy (non-hydrogen) atoms. The zero-order valence-electron chi connectivity index (χ0n) is 14.5. The molecule has 0 amide bonds. The van der Waals surface area contributed by atoms with Gasteiger partial charge >= 0.3 is 6.36 Å². The van der Waals surface area contributed by atoms with Gasteiger partial charge < -0.3 is 4.74 Å². The number of hydrogen-bond donors (Lipinski definition) is 0. The number of ether oxygens (including phenoxy) is 1. The Hall–Kier alpha value is -2.82. The van der Waals surface area contributed by atoms with Crippen molar-refractivity contribution in [1.82, 2.24) is 0 Å². The molecule has 0 spiro atoms. The molecule has 1 nitrogen and oxygen atoms in total. The average molecular weight is 372 g/mol. The van der Waals surface area contributed by atoms with Gasteiger partial charge in [-0.05, 0) is 63.9 Å². The van der Waals surface area contributed by atoms with Gasteiger partial charge in [0.15, 0.2) is 11.6 Å². The van der Waals surface area contributed by atoms with Gasteiger partial charge in [-0.2, -0.15) is 0 Å². The van der Waals surface area contributed by atoms with Crippen molar-refractivity contribution >= 4 is 0 Å². The fourth-order valence-electron chi connectivity index (χ4n) is 3.55. The molecule has 0 radical (unpaired) electrons. The van der Waals surface area contributed by atoms with Gasteiger partial charge in [-0.1, -0.05) is 49.4 Å². The van der Waals surface area contributed by atoms with E-state index >= 15 is 0 Å². The molecular weight excluding hydrogens is 356 g/mol. The summed E-state index contributed by atoms with van der Waals surface area (Å²) in [7, 11) is 0. The second-order valence-electron chi connectivity index (χ2n) is 6.59. The summed E-state index contributed by atoms with van der Waals surface area (Å²) in [4.78, 5) is 0. The zero-order valence-corrected chi connectivity index (χ0v) is 14.5. The van der Waals surface area contributed by atoms with E-state index in [2.05, 4.69) is 29.9 Å². The van der Waals surface area contributed by atoms with E-state index in [1.54, 1.807) is 0 Å². The molecule has 4 rings (SSSR count). The third-order valence-electron chi connectivity index (χ3n) is 4.85. The van der Waals surface area contributed by atoms with Crippen molar-refractivity contribution in [3.8, 4) is 28.0 Å². The molecule has 3 aromatic carbocycles. The van der Waals surface area contributed by atoms with E-state index in [9.17, 15) is 17.6 Å². The fraction of sp³-hybridized carbons (Fsp3) is 0.182. The second-order valence-corrected chi connectivity index (χ2v) is 6.59. The van der Waals surface area contributed by atoms with E-state index in [1.807, 2.05) is 18.2 Å². The Morgan fingerprint density at radius 1 is 0.852 bits per heavy atom. The van der Waals surface area contributed by atoms with Gasteiger partial charge in [-0.25, -0.2) is 4.39 Å². The minimum Gasteiger partial charge on any atom is -0.403 e. The standard InChI is InChI=1S/C22H16F4O/c1-2-13-3-6-18-16(9-13)11-17-10-14(4-7-19(17)18)15-5-8-21(20(23)12-15)27-22(24,25)26/h3-10,12H,2,11H2,1H3. The Balaban J connectivity index is 1.66. The summed E-state index contributed by atoms with van der Waals surface area (Å²) < 4.78 is 54.6. The summed E-state index contributed by atoms with van der Waals surface area (Å²) in [5.41, 5.74) is 7.30. The predicted octanol–water partition coefficient (Wildman–Crippen LogP) is 6.52. The van der Waals surface area contributed by atoms with E-state index < -0.39 is 17.9 Å². The summed E-state index contributed by atoms with van der Waals surface area (Å²) >= 11 is 0. The molecule has 5 heteroatoms. The first-order valence-corrected chi connectivity index (χ1v) is 8.65. The molecule has 3 aromatic rings. The molecule has 0 atom stereocenters. The minimum atomic E-state index is -4.92. The number of aryl methyl sites for hydroxylation is 1. The monoisotopic (exact) mass is 372 g/mol. The van der Waals surface area contributed by atoms with Gasteiger partial charge in [-0.15, -0.1) is 13.2 Å². The first-order chi connectivity index (χ1) is 12.8. The highest BCUT2D eigenvalue weighted by Gasteiger charge is 2.32. The summed E-state index contributed by atoms with van der Waals surface area (Å²) in [6, 6.07) is 15.8. The Morgan fingerprint density at radius 3 is 2.15 bits per heavy atom. The van der Waals surface area contributed by atoms with E-state index in [1.165, 1.54) is 22.8 Å². The molecule has 0 aromatic heterocycles. The largest absolute Gasteiger partial charge is 0.573 e. The van der Waals surface area contributed by atoms with Gasteiger partial charge in [0.25, 0.3) is 0 Å². The molecule has 0 unspecified atom stereocenters. The Kier molecular flexibility index (Phi) is 4.17. The molecule has 0 heterocycles. The third-order valence-corrected chi connectivity index (χ3v) is 4.85. The second kappa shape index (κ2) is 6.41. The van der Waals surface area contributed by atoms with Crippen LogP contribution in [0.25, 0.3) is 22.3 Å². The maximum Gasteiger partial charge on any atom is 0.573 e. The van der Waals surface area contributed by atoms with E-state index in [0.29, 0.717) is 5.56 Å². The summed E-state index contributed by atoms with van der Waals surface area (Å²) in [5, 5.41) is 0. The lowest BCUT2D eigenvalue weighted by atomic mass is 9.99. The number of halogens is 4. The van der Waals surface area contributed by atoms with Crippen molar-refractivity contribution in [2.75, 3.05) is 0 Å². The predicted molar refractivity (Wildman–Crippen MR) is 96.1 cm³/mol. The third kappa shape index (κ3) is 3.42. The van der Waals surface area contributed by atoms with Crippen LogP contribution in [0.15, 0.2) is 54.6 Å². The molecule has 1 aliphatic rings. The van der Waals surface area contributed by atoms with Crippen molar-refractivity contribution in [1.29, 1.82) is 0 Å². The van der Waals surface area contributed by atoms with Gasteiger partial charge in [0, 0.05) is 0 Å². The molecule has 0 saturated carbocycles. The van der Waals surface area contributed by atoms with Crippen LogP contribution in [0.2, 0.25) is 0 Å². The normalized spacial score (nSPS) is 12.6. The summed E-state index contributed by atoms with van der Waals surface area (Å²) in [6.07, 6.45) is -3.15. The number of rotatable bonds is 3. The quantitative estimate of drug-likeness (QED) is 0.372. The first kappa shape index (κ1) is 17.6. The lowest BCUT2D eigenvalue weighted by Crippen LogP contribution is -2.17. The lowest BCUT2D eigenvalue weighted by Gasteiger charge is -2.11. The van der Waals surface area contributed by atoms with Crippen LogP contribution in [0.5, 0.6) is 5.75 Å². The average Bonchev–Trinajstić information content (AvgIpc) is 2.99. The highest BCUT2D eigenvalue weighted by molar-refractivity contribution is 5.80. The molecule has 0 bridgehead atoms. The number of benzene rings is 3. The zero-order chi connectivity index (χ0) is 19.2. The maximum absolute atomic E-state index is 14.0. The first-order valence-electron chi connectivity index (χ1n) is 8.65. The molecule has 1 aliphatic carbocycles. The molecule has 138 valence electrons. The highest BCUT2D eigenvalue weighted by Crippen LogP contribution is 2.39. The van der Waals surface area contributed by atoms with Gasteiger partial charge in [0.2, 0.25) is 0 Å². The van der Waals surface area contributed by atoms with Gasteiger partial charge in [0.05, 0.1) is 0 Å². The fourth-order valence-corrected chi connectivity index (χ4v) is 3.55. The van der Waals surface area contributed by atoms with Gasteiger partial charge in [0.1, 0.15) is 0 Å². The Labute approximate surface area is 154 Å². The van der Waals surface area contributed by atoms with Crippen molar-refractivity contribution in [2.45, 2.75) is 26.1 Å². The Bertz CT molecular complexity index is 1020. The molecule has 0 saturated heterocycles. The van der Waals surface area contributed by atoms with Crippen molar-refractivity contribution in [3.63, 3.8) is 0 Å². The number of alkyl halides is 3. The van der Waals surface area contributed by atoms with Crippen LogP contribution in [-0.2, 0) is 12.8 Å². The van der Waals surface area contributed by atoms with Crippen LogP contribution in [0.3, 0.4) is 0 Å². The smallest absolute Gasteiger partial charge is 0.403 e. The van der Waals surface area contributed by atoms with Crippen LogP contribution in [0, 0.1) is 5.82 Å². The van der Waals surface area contributed by atoms with Gasteiger partial charge in [-0.3, -0.25) is 0 Å². The molecule has 0 N–H and O–H groups in total. The highest BCUT2D eigenvalue weighted by atomic mass is 19.4. The minimum absolute atomic E-state index is 0.509. The van der Waals surface area contributed by atoms with Crippen LogP contribution in [-0.4, -0.2) is 6.36 Å². The van der Waals surface area contributed by atoms with Crippen molar-refractivity contribution < 1.29 is 22.3 Å². The van der Waals surface area contributed by atoms with Crippen LogP contribution in [0.4, 0.5) is 17.6 Å². The molecule has 0 fully saturated rings. The van der Waals surface area contributed by atoms with E-state index in [-0.39, 0.29) is 0 Å². The van der Waals surface area contributed by atoms with Crippen LogP contribution >= 0.6 is 0 Å². The Morgan fingerprint density at radius 2 is 1.48 bits per heavy atom. The molecular formula is C22H16F4O. The lowest BCUT2D eigenvalue weighted by molar-refractivity contribution is -0.275. The topological polar surface area (TPSA) is 9.23 Å². The SMILES string of the molecule is CCc1ccc2c(c1)Cc1cc(-c3ccc(OC(F)(F)F)c(F)c3)ccc1-2. The van der Waals surface area contributed by atoms with Crippen LogP contribution in [0.1, 0.15) is 23.6 Å².